The SMILES string of the molecule is N#Cc1c(NS(=O)(=O)C(F)(F)F)ccc(Oc2cc(F)cc(Cl)c2)c1Br. The summed E-state index contributed by atoms with van der Waals surface area (Å²) in [7, 11) is -5.71. The third kappa shape index (κ3) is 4.38. The molecule has 0 bridgehead atoms. The molecule has 0 unspecified atom stereocenters. The van der Waals surface area contributed by atoms with Crippen molar-refractivity contribution >= 4 is 43.2 Å². The minimum atomic E-state index is -5.71. The van der Waals surface area contributed by atoms with Gasteiger partial charge in [-0.2, -0.15) is 26.9 Å². The number of hydrogen-bond donors (Lipinski definition) is 1. The van der Waals surface area contributed by atoms with Crippen LogP contribution in [0.15, 0.2) is 34.8 Å². The van der Waals surface area contributed by atoms with E-state index in [2.05, 4.69) is 15.9 Å². The van der Waals surface area contributed by atoms with E-state index in [1.807, 2.05) is 0 Å². The Hall–Kier alpha value is -2.03. The molecular weight excluding hydrogens is 468 g/mol. The highest BCUT2D eigenvalue weighted by atomic mass is 79.9. The summed E-state index contributed by atoms with van der Waals surface area (Å²) >= 11 is 8.64. The molecule has 0 aromatic heterocycles. The predicted molar refractivity (Wildman–Crippen MR) is 88.9 cm³/mol. The molecule has 0 atom stereocenters. The molecule has 12 heteroatoms. The maximum Gasteiger partial charge on any atom is 0.516 e. The van der Waals surface area contributed by atoms with Crippen molar-refractivity contribution in [1.82, 2.24) is 0 Å². The van der Waals surface area contributed by atoms with Crippen molar-refractivity contribution in [3.63, 3.8) is 0 Å². The fourth-order valence-corrected chi connectivity index (χ4v) is 3.05. The quantitative estimate of drug-likeness (QED) is 0.622. The highest BCUT2D eigenvalue weighted by molar-refractivity contribution is 9.10. The zero-order valence-corrected chi connectivity index (χ0v) is 15.4. The lowest BCUT2D eigenvalue weighted by Crippen LogP contribution is -2.30. The van der Waals surface area contributed by atoms with Crippen LogP contribution in [0.5, 0.6) is 11.5 Å². The summed E-state index contributed by atoms with van der Waals surface area (Å²) in [6, 6.07) is 6.85. The van der Waals surface area contributed by atoms with Gasteiger partial charge in [-0.05, 0) is 40.2 Å². The summed E-state index contributed by atoms with van der Waals surface area (Å²) < 4.78 is 79.7. The molecule has 0 aliphatic carbocycles. The summed E-state index contributed by atoms with van der Waals surface area (Å²) in [5, 5.41) is 9.18. The van der Waals surface area contributed by atoms with E-state index in [0.717, 1.165) is 24.3 Å². The smallest absolute Gasteiger partial charge is 0.456 e. The van der Waals surface area contributed by atoms with Gasteiger partial charge in [-0.15, -0.1) is 0 Å². The Balaban J connectivity index is 2.43. The van der Waals surface area contributed by atoms with E-state index >= 15 is 0 Å². The van der Waals surface area contributed by atoms with Crippen LogP contribution in [0.3, 0.4) is 0 Å². The molecule has 0 saturated carbocycles. The largest absolute Gasteiger partial charge is 0.516 e. The zero-order valence-electron chi connectivity index (χ0n) is 12.2. The normalized spacial score (nSPS) is 11.7. The van der Waals surface area contributed by atoms with Gasteiger partial charge in [0.25, 0.3) is 0 Å². The van der Waals surface area contributed by atoms with Gasteiger partial charge in [0, 0.05) is 11.1 Å². The maximum absolute atomic E-state index is 13.3. The zero-order chi connectivity index (χ0) is 19.7. The number of rotatable bonds is 4. The van der Waals surface area contributed by atoms with Crippen molar-refractivity contribution in [3.8, 4) is 17.6 Å². The number of halogens is 6. The molecule has 138 valence electrons. The molecule has 0 aliphatic rings. The first-order chi connectivity index (χ1) is 11.9. The van der Waals surface area contributed by atoms with Gasteiger partial charge < -0.3 is 4.74 Å². The molecule has 2 aromatic carbocycles. The molecule has 2 aromatic rings. The van der Waals surface area contributed by atoms with Crippen LogP contribution in [-0.4, -0.2) is 13.9 Å². The monoisotopic (exact) mass is 472 g/mol. The van der Waals surface area contributed by atoms with Crippen molar-refractivity contribution in [3.05, 3.63) is 51.2 Å². The van der Waals surface area contributed by atoms with E-state index in [1.54, 1.807) is 6.07 Å². The Kier molecular flexibility index (Phi) is 5.70. The van der Waals surface area contributed by atoms with Gasteiger partial charge in [0.1, 0.15) is 23.4 Å². The Labute approximate surface area is 158 Å². The average Bonchev–Trinajstić information content (AvgIpc) is 2.48. The Morgan fingerprint density at radius 2 is 1.88 bits per heavy atom. The summed E-state index contributed by atoms with van der Waals surface area (Å²) in [5.41, 5.74) is -6.63. The third-order valence-corrected chi connectivity index (χ3v) is 4.93. The molecule has 0 spiro atoms. The van der Waals surface area contributed by atoms with Crippen molar-refractivity contribution in [1.29, 1.82) is 5.26 Å². The molecule has 0 amide bonds. The fourth-order valence-electron chi connectivity index (χ4n) is 1.75. The number of hydrogen-bond acceptors (Lipinski definition) is 4. The topological polar surface area (TPSA) is 79.2 Å². The molecule has 0 aliphatic heterocycles. The van der Waals surface area contributed by atoms with E-state index < -0.39 is 32.6 Å². The highest BCUT2D eigenvalue weighted by Gasteiger charge is 2.46. The average molecular weight is 474 g/mol. The van der Waals surface area contributed by atoms with E-state index in [4.69, 9.17) is 21.6 Å². The van der Waals surface area contributed by atoms with E-state index in [-0.39, 0.29) is 21.0 Å². The molecule has 0 radical (unpaired) electrons. The number of sulfonamides is 1. The lowest BCUT2D eigenvalue weighted by atomic mass is 10.2. The number of nitrogens with one attached hydrogen (secondary N) is 1. The van der Waals surface area contributed by atoms with Gasteiger partial charge in [-0.25, -0.2) is 4.39 Å². The lowest BCUT2D eigenvalue weighted by Gasteiger charge is -2.14. The minimum absolute atomic E-state index is 0.0335. The van der Waals surface area contributed by atoms with Gasteiger partial charge in [-0.1, -0.05) is 11.6 Å². The molecule has 1 N–H and O–H groups in total. The molecule has 2 rings (SSSR count). The second kappa shape index (κ2) is 7.30. The lowest BCUT2D eigenvalue weighted by molar-refractivity contribution is -0.0429. The molecule has 0 saturated heterocycles. The van der Waals surface area contributed by atoms with Gasteiger partial charge in [0.15, 0.2) is 0 Å². The van der Waals surface area contributed by atoms with Crippen LogP contribution in [-0.2, 0) is 10.0 Å². The standard InChI is InChI=1S/C14H6BrClF4N2O3S/c15-13-10(6-21)11(22-26(23,24)14(18,19)20)1-2-12(13)25-9-4-7(16)3-8(17)5-9/h1-5,22H. The summed E-state index contributed by atoms with van der Waals surface area (Å²) in [4.78, 5) is 0. The fraction of sp³-hybridized carbons (Fsp3) is 0.0714. The number of benzene rings is 2. The van der Waals surface area contributed by atoms with Crippen molar-refractivity contribution in [2.45, 2.75) is 5.51 Å². The third-order valence-electron chi connectivity index (χ3n) is 2.83. The number of alkyl halides is 3. The maximum atomic E-state index is 13.3. The van der Waals surface area contributed by atoms with E-state index in [0.29, 0.717) is 0 Å². The Bertz CT molecular complexity index is 986. The van der Waals surface area contributed by atoms with Gasteiger partial charge in [0.05, 0.1) is 15.7 Å². The first-order valence-corrected chi connectivity index (χ1v) is 9.05. The Morgan fingerprint density at radius 1 is 1.23 bits per heavy atom. The van der Waals surface area contributed by atoms with Crippen molar-refractivity contribution in [2.24, 2.45) is 0 Å². The van der Waals surface area contributed by atoms with Crippen LogP contribution < -0.4 is 9.46 Å². The molecule has 0 fully saturated rings. The molecule has 26 heavy (non-hydrogen) atoms. The van der Waals surface area contributed by atoms with Crippen LogP contribution in [0.2, 0.25) is 5.02 Å². The summed E-state index contributed by atoms with van der Waals surface area (Å²) in [5.74, 6) is -0.805. The number of nitriles is 1. The molecule has 0 heterocycles. The van der Waals surface area contributed by atoms with Gasteiger partial charge in [-0.3, -0.25) is 4.72 Å². The van der Waals surface area contributed by atoms with Crippen molar-refractivity contribution in [2.75, 3.05) is 4.72 Å². The number of anilines is 1. The van der Waals surface area contributed by atoms with Crippen LogP contribution >= 0.6 is 27.5 Å². The first kappa shape index (κ1) is 20.3. The summed E-state index contributed by atoms with van der Waals surface area (Å²) in [6.45, 7) is 0. The highest BCUT2D eigenvalue weighted by Crippen LogP contribution is 2.38. The van der Waals surface area contributed by atoms with Crippen LogP contribution in [0, 0.1) is 17.1 Å². The first-order valence-electron chi connectivity index (χ1n) is 6.40. The number of ether oxygens (including phenoxy) is 1. The van der Waals surface area contributed by atoms with E-state index in [1.165, 1.54) is 10.8 Å². The van der Waals surface area contributed by atoms with Crippen molar-refractivity contribution < 1.29 is 30.7 Å². The van der Waals surface area contributed by atoms with Gasteiger partial charge in [0.2, 0.25) is 0 Å². The number of nitrogens with zero attached hydrogens (tertiary/aromatic N) is 1. The van der Waals surface area contributed by atoms with Crippen LogP contribution in [0.1, 0.15) is 5.56 Å². The summed E-state index contributed by atoms with van der Waals surface area (Å²) in [6.07, 6.45) is 0. The second-order valence-corrected chi connectivity index (χ2v) is 7.57. The Morgan fingerprint density at radius 3 is 2.42 bits per heavy atom. The van der Waals surface area contributed by atoms with Crippen LogP contribution in [0.25, 0.3) is 0 Å². The molecular formula is C14H6BrClF4N2O3S. The van der Waals surface area contributed by atoms with E-state index in [9.17, 15) is 26.0 Å². The second-order valence-electron chi connectivity index (χ2n) is 4.67. The van der Waals surface area contributed by atoms with Crippen LogP contribution in [0.4, 0.5) is 23.2 Å². The predicted octanol–water partition coefficient (Wildman–Crippen LogP) is 5.17. The minimum Gasteiger partial charge on any atom is -0.456 e. The van der Waals surface area contributed by atoms with Gasteiger partial charge >= 0.3 is 15.5 Å². The molecule has 5 nitrogen and oxygen atoms in total.